The van der Waals surface area contributed by atoms with Gasteiger partial charge in [-0.05, 0) is 68.7 Å². The first kappa shape index (κ1) is 35.1. The van der Waals surface area contributed by atoms with E-state index in [4.69, 9.17) is 0 Å². The summed E-state index contributed by atoms with van der Waals surface area (Å²) in [7, 11) is -3.97. The second-order valence-electron chi connectivity index (χ2n) is 11.6. The van der Waals surface area contributed by atoms with E-state index in [1.54, 1.807) is 0 Å². The van der Waals surface area contributed by atoms with Crippen LogP contribution in [0.1, 0.15) is 50.3 Å². The minimum Gasteiger partial charge on any atom is -0.350 e. The molecule has 1 unspecified atom stereocenters. The number of carbonyl (C=O) groups is 2. The van der Waals surface area contributed by atoms with Crippen molar-refractivity contribution in [3.05, 3.63) is 100 Å². The normalized spacial score (nSPS) is 12.8. The number of sulfonamides is 1. The van der Waals surface area contributed by atoms with Crippen LogP contribution < -0.4 is 9.62 Å². The fraction of sp³-hybridized carbons (Fsp3) is 0.375. The van der Waals surface area contributed by atoms with Gasteiger partial charge in [-0.3, -0.25) is 13.9 Å². The third-order valence-electron chi connectivity index (χ3n) is 6.62. The van der Waals surface area contributed by atoms with Crippen molar-refractivity contribution in [2.45, 2.75) is 64.3 Å². The molecule has 0 aliphatic heterocycles. The lowest BCUT2D eigenvalue weighted by Gasteiger charge is -2.34. The molecule has 2 amide bonds. The van der Waals surface area contributed by atoms with E-state index in [0.717, 1.165) is 44.4 Å². The standard InChI is InChI=1S/C32H37BrF3N3O4S/c1-31(2,3)37-30(41)28(20-23-11-6-5-7-12-23)38(22-24-13-8-15-26(33)19-24)29(40)17-10-18-39(44(4,42)43)27-16-9-14-25(21-27)32(34,35)36/h5-9,11-16,19,21,28H,10,17-18,20,22H2,1-4H3,(H,37,41). The highest BCUT2D eigenvalue weighted by atomic mass is 79.9. The van der Waals surface area contributed by atoms with Gasteiger partial charge in [0.25, 0.3) is 0 Å². The molecule has 0 fully saturated rings. The molecule has 12 heteroatoms. The molecule has 0 heterocycles. The fourth-order valence-electron chi connectivity index (χ4n) is 4.68. The number of alkyl halides is 3. The maximum Gasteiger partial charge on any atom is 0.416 e. The van der Waals surface area contributed by atoms with Crippen molar-refractivity contribution in [1.82, 2.24) is 10.2 Å². The summed E-state index contributed by atoms with van der Waals surface area (Å²) >= 11 is 3.45. The van der Waals surface area contributed by atoms with Gasteiger partial charge in [0.2, 0.25) is 21.8 Å². The summed E-state index contributed by atoms with van der Waals surface area (Å²) in [5.74, 6) is -0.737. The molecule has 0 bridgehead atoms. The summed E-state index contributed by atoms with van der Waals surface area (Å²) in [4.78, 5) is 29.1. The van der Waals surface area contributed by atoms with E-state index >= 15 is 0 Å². The number of anilines is 1. The molecule has 238 valence electrons. The molecule has 1 N–H and O–H groups in total. The van der Waals surface area contributed by atoms with Crippen LogP contribution in [0.25, 0.3) is 0 Å². The Hall–Kier alpha value is -3.38. The Labute approximate surface area is 265 Å². The van der Waals surface area contributed by atoms with Gasteiger partial charge in [0, 0.05) is 35.9 Å². The second kappa shape index (κ2) is 14.6. The van der Waals surface area contributed by atoms with Crippen molar-refractivity contribution in [3.63, 3.8) is 0 Å². The maximum absolute atomic E-state index is 13.9. The monoisotopic (exact) mass is 695 g/mol. The highest BCUT2D eigenvalue weighted by molar-refractivity contribution is 9.10. The van der Waals surface area contributed by atoms with Gasteiger partial charge in [0.1, 0.15) is 6.04 Å². The van der Waals surface area contributed by atoms with Crippen LogP contribution in [0.4, 0.5) is 18.9 Å². The minimum absolute atomic E-state index is 0.01000. The van der Waals surface area contributed by atoms with Gasteiger partial charge >= 0.3 is 6.18 Å². The summed E-state index contributed by atoms with van der Waals surface area (Å²) in [5.41, 5.74) is -0.0736. The molecule has 7 nitrogen and oxygen atoms in total. The van der Waals surface area contributed by atoms with Crippen LogP contribution >= 0.6 is 15.9 Å². The average molecular weight is 697 g/mol. The van der Waals surface area contributed by atoms with E-state index in [2.05, 4.69) is 21.2 Å². The average Bonchev–Trinajstić information content (AvgIpc) is 2.91. The number of nitrogens with zero attached hydrogens (tertiary/aromatic N) is 2. The van der Waals surface area contributed by atoms with Crippen molar-refractivity contribution in [3.8, 4) is 0 Å². The van der Waals surface area contributed by atoms with Crippen LogP contribution in [-0.4, -0.2) is 49.5 Å². The third kappa shape index (κ3) is 10.7. The molecular formula is C32H37BrF3N3O4S. The Kier molecular flexibility index (Phi) is 11.6. The zero-order valence-electron chi connectivity index (χ0n) is 25.1. The molecular weight excluding hydrogens is 659 g/mol. The number of rotatable bonds is 12. The third-order valence-corrected chi connectivity index (χ3v) is 8.31. The zero-order valence-corrected chi connectivity index (χ0v) is 27.5. The summed E-state index contributed by atoms with van der Waals surface area (Å²) in [6.07, 6.45) is -3.64. The van der Waals surface area contributed by atoms with Crippen LogP contribution in [0, 0.1) is 0 Å². The number of hydrogen-bond donors (Lipinski definition) is 1. The van der Waals surface area contributed by atoms with Crippen molar-refractivity contribution in [2.75, 3.05) is 17.1 Å². The van der Waals surface area contributed by atoms with Gasteiger partial charge in [-0.15, -0.1) is 0 Å². The molecule has 1 atom stereocenters. The molecule has 3 rings (SSSR count). The quantitative estimate of drug-likeness (QED) is 0.232. The molecule has 0 aliphatic carbocycles. The summed E-state index contributed by atoms with van der Waals surface area (Å²) < 4.78 is 66.8. The van der Waals surface area contributed by atoms with Gasteiger partial charge in [-0.25, -0.2) is 8.42 Å². The predicted molar refractivity (Wildman–Crippen MR) is 169 cm³/mol. The van der Waals surface area contributed by atoms with Crippen molar-refractivity contribution in [2.24, 2.45) is 0 Å². The van der Waals surface area contributed by atoms with E-state index in [-0.39, 0.29) is 43.9 Å². The molecule has 44 heavy (non-hydrogen) atoms. The van der Waals surface area contributed by atoms with Crippen molar-refractivity contribution >= 4 is 43.5 Å². The lowest BCUT2D eigenvalue weighted by Crippen LogP contribution is -2.54. The topological polar surface area (TPSA) is 86.8 Å². The largest absolute Gasteiger partial charge is 0.416 e. The highest BCUT2D eigenvalue weighted by Crippen LogP contribution is 2.32. The first-order chi connectivity index (χ1) is 20.4. The smallest absolute Gasteiger partial charge is 0.350 e. The molecule has 0 radical (unpaired) electrons. The Bertz CT molecular complexity index is 1540. The predicted octanol–water partition coefficient (Wildman–Crippen LogP) is 6.57. The van der Waals surface area contributed by atoms with E-state index in [1.807, 2.05) is 75.4 Å². The van der Waals surface area contributed by atoms with Gasteiger partial charge in [0.05, 0.1) is 17.5 Å². The number of nitrogens with one attached hydrogen (secondary N) is 1. The van der Waals surface area contributed by atoms with E-state index in [0.29, 0.717) is 0 Å². The van der Waals surface area contributed by atoms with E-state index in [9.17, 15) is 31.2 Å². The van der Waals surface area contributed by atoms with Gasteiger partial charge in [-0.1, -0.05) is 64.5 Å². The molecule has 0 aliphatic rings. The SMILES string of the molecule is CC(C)(C)NC(=O)C(Cc1ccccc1)N(Cc1cccc(Br)c1)C(=O)CCCN(c1cccc(C(F)(F)F)c1)S(C)(=O)=O. The molecule has 0 spiro atoms. The molecule has 0 saturated heterocycles. The zero-order chi connectivity index (χ0) is 32.7. The molecule has 0 aromatic heterocycles. The van der Waals surface area contributed by atoms with Gasteiger partial charge in [0.15, 0.2) is 0 Å². The molecule has 3 aromatic rings. The summed E-state index contributed by atoms with van der Waals surface area (Å²) in [5, 5.41) is 2.98. The second-order valence-corrected chi connectivity index (χ2v) is 14.4. The van der Waals surface area contributed by atoms with Crippen molar-refractivity contribution in [1.29, 1.82) is 0 Å². The number of carbonyl (C=O) groups excluding carboxylic acids is 2. The number of benzene rings is 3. The Morgan fingerprint density at radius 2 is 1.55 bits per heavy atom. The van der Waals surface area contributed by atoms with E-state index < -0.39 is 39.3 Å². The summed E-state index contributed by atoms with van der Waals surface area (Å²) in [6.45, 7) is 5.42. The van der Waals surface area contributed by atoms with E-state index in [1.165, 1.54) is 11.0 Å². The van der Waals surface area contributed by atoms with Crippen LogP contribution in [0.3, 0.4) is 0 Å². The lowest BCUT2D eigenvalue weighted by molar-refractivity contribution is -0.142. The highest BCUT2D eigenvalue weighted by Gasteiger charge is 2.33. The number of hydrogen-bond acceptors (Lipinski definition) is 4. The first-order valence-corrected chi connectivity index (χ1v) is 16.6. The van der Waals surface area contributed by atoms with Gasteiger partial charge in [-0.2, -0.15) is 13.2 Å². The van der Waals surface area contributed by atoms with Crippen LogP contribution in [0.5, 0.6) is 0 Å². The lowest BCUT2D eigenvalue weighted by atomic mass is 10.00. The van der Waals surface area contributed by atoms with Gasteiger partial charge < -0.3 is 10.2 Å². The molecule has 0 saturated carbocycles. The Morgan fingerprint density at radius 3 is 2.14 bits per heavy atom. The number of amides is 2. The van der Waals surface area contributed by atoms with Crippen LogP contribution in [0.2, 0.25) is 0 Å². The first-order valence-electron chi connectivity index (χ1n) is 14.0. The Morgan fingerprint density at radius 1 is 0.909 bits per heavy atom. The van der Waals surface area contributed by atoms with Crippen molar-refractivity contribution < 1.29 is 31.2 Å². The molecule has 3 aromatic carbocycles. The maximum atomic E-state index is 13.9. The van der Waals surface area contributed by atoms with Crippen LogP contribution in [-0.2, 0) is 38.8 Å². The van der Waals surface area contributed by atoms with Crippen LogP contribution in [0.15, 0.2) is 83.3 Å². The fourth-order valence-corrected chi connectivity index (χ4v) is 6.08. The Balaban J connectivity index is 1.92. The summed E-state index contributed by atoms with van der Waals surface area (Å²) in [6, 6.07) is 19.8. The minimum atomic E-state index is -4.65. The number of halogens is 4.